The lowest BCUT2D eigenvalue weighted by atomic mass is 9.87. The molecular formula is C19H14F4N2O2. The van der Waals surface area contributed by atoms with Crippen molar-refractivity contribution in [2.24, 2.45) is 0 Å². The second kappa shape index (κ2) is 6.45. The Morgan fingerprint density at radius 2 is 1.81 bits per heavy atom. The molecule has 1 fully saturated rings. The number of rotatable bonds is 3. The molecule has 2 aliphatic rings. The van der Waals surface area contributed by atoms with Crippen molar-refractivity contribution in [1.29, 1.82) is 0 Å². The summed E-state index contributed by atoms with van der Waals surface area (Å²) in [5, 5.41) is 2.28. The molecule has 3 heterocycles. The van der Waals surface area contributed by atoms with Gasteiger partial charge in [-0.1, -0.05) is 6.07 Å². The van der Waals surface area contributed by atoms with E-state index in [1.807, 2.05) is 0 Å². The maximum Gasteiger partial charge on any atom is 0.419 e. The topological polar surface area (TPSA) is 51.2 Å². The average molecular weight is 378 g/mol. The summed E-state index contributed by atoms with van der Waals surface area (Å²) in [5.41, 5.74) is -0.174. The number of ether oxygens (including phenoxy) is 1. The lowest BCUT2D eigenvalue weighted by Gasteiger charge is -2.18. The summed E-state index contributed by atoms with van der Waals surface area (Å²) in [5.74, 6) is -2.17. The number of halogens is 4. The fourth-order valence-electron chi connectivity index (χ4n) is 3.59. The van der Waals surface area contributed by atoms with Crippen LogP contribution in [0.5, 0.6) is 0 Å². The van der Waals surface area contributed by atoms with Gasteiger partial charge in [-0.2, -0.15) is 13.2 Å². The molecule has 0 saturated carbocycles. The SMILES string of the molecule is O=C(Nc1cccc(C(F)(F)F)c1F)C1=C(c2ccncc2)[C@@H]2CC[C@@H]1O2. The fourth-order valence-corrected chi connectivity index (χ4v) is 3.59. The number of amides is 1. The van der Waals surface area contributed by atoms with Crippen LogP contribution in [0.25, 0.3) is 5.57 Å². The van der Waals surface area contributed by atoms with Gasteiger partial charge in [0.25, 0.3) is 5.91 Å². The Morgan fingerprint density at radius 3 is 2.52 bits per heavy atom. The first-order valence-electron chi connectivity index (χ1n) is 8.33. The molecule has 1 N–H and O–H groups in total. The smallest absolute Gasteiger partial charge is 0.365 e. The van der Waals surface area contributed by atoms with E-state index in [1.165, 1.54) is 0 Å². The maximum absolute atomic E-state index is 14.2. The minimum Gasteiger partial charge on any atom is -0.365 e. The van der Waals surface area contributed by atoms with Crippen LogP contribution in [0.2, 0.25) is 0 Å². The van der Waals surface area contributed by atoms with Gasteiger partial charge < -0.3 is 10.1 Å². The van der Waals surface area contributed by atoms with Crippen LogP contribution in [0, 0.1) is 5.82 Å². The molecular weight excluding hydrogens is 364 g/mol. The molecule has 2 bridgehead atoms. The first kappa shape index (κ1) is 17.7. The van der Waals surface area contributed by atoms with Gasteiger partial charge >= 0.3 is 6.18 Å². The first-order valence-corrected chi connectivity index (χ1v) is 8.33. The monoisotopic (exact) mass is 378 g/mol. The van der Waals surface area contributed by atoms with E-state index in [0.717, 1.165) is 24.1 Å². The van der Waals surface area contributed by atoms with Crippen LogP contribution in [-0.4, -0.2) is 23.1 Å². The van der Waals surface area contributed by atoms with Crippen molar-refractivity contribution in [2.75, 3.05) is 5.32 Å². The van der Waals surface area contributed by atoms with Crippen molar-refractivity contribution >= 4 is 17.2 Å². The highest BCUT2D eigenvalue weighted by Crippen LogP contribution is 2.44. The van der Waals surface area contributed by atoms with Gasteiger partial charge in [0, 0.05) is 12.4 Å². The van der Waals surface area contributed by atoms with Gasteiger partial charge in [-0.05, 0) is 48.2 Å². The Hall–Kier alpha value is -2.74. The molecule has 4 rings (SSSR count). The normalized spacial score (nSPS) is 21.6. The summed E-state index contributed by atoms with van der Waals surface area (Å²) < 4.78 is 58.7. The van der Waals surface area contributed by atoms with Crippen LogP contribution < -0.4 is 5.32 Å². The summed E-state index contributed by atoms with van der Waals surface area (Å²) in [6.07, 6.45) is -1.02. The van der Waals surface area contributed by atoms with Crippen LogP contribution in [0.1, 0.15) is 24.0 Å². The summed E-state index contributed by atoms with van der Waals surface area (Å²) in [4.78, 5) is 16.7. The highest BCUT2D eigenvalue weighted by atomic mass is 19.4. The molecule has 0 spiro atoms. The van der Waals surface area contributed by atoms with Crippen molar-refractivity contribution in [1.82, 2.24) is 4.98 Å². The molecule has 0 unspecified atom stereocenters. The molecule has 1 amide bonds. The molecule has 27 heavy (non-hydrogen) atoms. The quantitative estimate of drug-likeness (QED) is 0.815. The van der Waals surface area contributed by atoms with Gasteiger partial charge in [0.05, 0.1) is 29.0 Å². The zero-order valence-corrected chi connectivity index (χ0v) is 13.9. The van der Waals surface area contributed by atoms with Crippen LogP contribution in [0.4, 0.5) is 23.2 Å². The summed E-state index contributed by atoms with van der Waals surface area (Å²) in [7, 11) is 0. The van der Waals surface area contributed by atoms with E-state index in [2.05, 4.69) is 10.3 Å². The Bertz CT molecular complexity index is 925. The predicted octanol–water partition coefficient (Wildman–Crippen LogP) is 4.19. The second-order valence-electron chi connectivity index (χ2n) is 6.37. The Kier molecular flexibility index (Phi) is 4.22. The van der Waals surface area contributed by atoms with Crippen LogP contribution >= 0.6 is 0 Å². The van der Waals surface area contributed by atoms with Gasteiger partial charge in [0.2, 0.25) is 0 Å². The maximum atomic E-state index is 14.2. The number of benzene rings is 1. The molecule has 8 heteroatoms. The number of pyridine rings is 1. The molecule has 1 saturated heterocycles. The standard InChI is InChI=1S/C19H14F4N2O2/c20-17-11(19(21,22)23)2-1-3-12(17)25-18(26)16-14-5-4-13(27-14)15(16)10-6-8-24-9-7-10/h1-3,6-9,13-14H,4-5H2,(H,25,26)/t13-,14-/m0/s1. The van der Waals surface area contributed by atoms with Crippen molar-refractivity contribution in [3.05, 3.63) is 65.2 Å². The Labute approximate surface area is 151 Å². The molecule has 140 valence electrons. The minimum atomic E-state index is -4.85. The number of aromatic nitrogens is 1. The highest BCUT2D eigenvalue weighted by Gasteiger charge is 2.44. The molecule has 1 aromatic heterocycles. The van der Waals surface area contributed by atoms with Crippen molar-refractivity contribution in [3.8, 4) is 0 Å². The third-order valence-corrected chi connectivity index (χ3v) is 4.74. The Morgan fingerprint density at radius 1 is 1.11 bits per heavy atom. The van der Waals surface area contributed by atoms with E-state index in [9.17, 15) is 22.4 Å². The lowest BCUT2D eigenvalue weighted by molar-refractivity contribution is -0.140. The number of nitrogens with one attached hydrogen (secondary N) is 1. The third-order valence-electron chi connectivity index (χ3n) is 4.74. The average Bonchev–Trinajstić information content (AvgIpc) is 3.24. The summed E-state index contributed by atoms with van der Waals surface area (Å²) in [6, 6.07) is 6.25. The van der Waals surface area contributed by atoms with Gasteiger partial charge in [0.1, 0.15) is 0 Å². The second-order valence-corrected chi connectivity index (χ2v) is 6.37. The van der Waals surface area contributed by atoms with E-state index in [-0.39, 0.29) is 6.10 Å². The van der Waals surface area contributed by atoms with Crippen LogP contribution in [0.3, 0.4) is 0 Å². The highest BCUT2D eigenvalue weighted by molar-refractivity contribution is 6.11. The minimum absolute atomic E-state index is 0.260. The van der Waals surface area contributed by atoms with Crippen molar-refractivity contribution < 1.29 is 27.1 Å². The first-order chi connectivity index (χ1) is 12.9. The molecule has 4 nitrogen and oxygen atoms in total. The molecule has 0 aliphatic carbocycles. The number of nitrogens with zero attached hydrogens (tertiary/aromatic N) is 1. The van der Waals surface area contributed by atoms with Gasteiger partial charge in [0.15, 0.2) is 5.82 Å². The van der Waals surface area contributed by atoms with Gasteiger partial charge in [-0.15, -0.1) is 0 Å². The van der Waals surface area contributed by atoms with Crippen LogP contribution in [-0.2, 0) is 15.7 Å². The molecule has 2 aromatic rings. The third kappa shape index (κ3) is 3.10. The number of carbonyl (C=O) groups excluding carboxylic acids is 1. The van der Waals surface area contributed by atoms with E-state index in [1.54, 1.807) is 24.5 Å². The zero-order valence-electron chi connectivity index (χ0n) is 13.9. The summed E-state index contributed by atoms with van der Waals surface area (Å²) >= 11 is 0. The molecule has 2 atom stereocenters. The van der Waals surface area contributed by atoms with Crippen molar-refractivity contribution in [3.63, 3.8) is 0 Å². The van der Waals surface area contributed by atoms with E-state index < -0.39 is 35.3 Å². The largest absolute Gasteiger partial charge is 0.419 e. The number of alkyl halides is 3. The van der Waals surface area contributed by atoms with Gasteiger partial charge in [-0.3, -0.25) is 9.78 Å². The van der Waals surface area contributed by atoms with Crippen LogP contribution in [0.15, 0.2) is 48.3 Å². The molecule has 0 radical (unpaired) electrons. The molecule has 2 aliphatic heterocycles. The number of fused-ring (bicyclic) bond motifs is 2. The number of carbonyl (C=O) groups is 1. The molecule has 1 aromatic carbocycles. The van der Waals surface area contributed by atoms with E-state index in [4.69, 9.17) is 4.74 Å². The van der Waals surface area contributed by atoms with E-state index in [0.29, 0.717) is 23.6 Å². The van der Waals surface area contributed by atoms with Gasteiger partial charge in [-0.25, -0.2) is 4.39 Å². The summed E-state index contributed by atoms with van der Waals surface area (Å²) in [6.45, 7) is 0. The lowest BCUT2D eigenvalue weighted by Crippen LogP contribution is -2.24. The number of hydrogen-bond acceptors (Lipinski definition) is 3. The fraction of sp³-hybridized carbons (Fsp3) is 0.263. The van der Waals surface area contributed by atoms with Crippen molar-refractivity contribution in [2.45, 2.75) is 31.2 Å². The predicted molar refractivity (Wildman–Crippen MR) is 89.1 cm³/mol. The number of anilines is 1. The Balaban J connectivity index is 1.70. The van der Waals surface area contributed by atoms with E-state index >= 15 is 0 Å². The number of hydrogen-bond donors (Lipinski definition) is 1. The zero-order chi connectivity index (χ0) is 19.2.